The third-order valence-electron chi connectivity index (χ3n) is 3.90. The van der Waals surface area contributed by atoms with E-state index in [9.17, 15) is 0 Å². The summed E-state index contributed by atoms with van der Waals surface area (Å²) in [5.41, 5.74) is 3.54. The first kappa shape index (κ1) is 14.8. The molecule has 0 spiro atoms. The van der Waals surface area contributed by atoms with Crippen LogP contribution in [0.5, 0.6) is 0 Å². The van der Waals surface area contributed by atoms with E-state index in [4.69, 9.17) is 4.98 Å². The number of aryl methyl sites for hydroxylation is 1. The Morgan fingerprint density at radius 3 is 2.46 bits per heavy atom. The molecule has 118 valence electrons. The van der Waals surface area contributed by atoms with E-state index in [1.54, 1.807) is 11.3 Å². The highest BCUT2D eigenvalue weighted by Gasteiger charge is 2.15. The van der Waals surface area contributed by atoms with E-state index in [1.165, 1.54) is 15.8 Å². The summed E-state index contributed by atoms with van der Waals surface area (Å²) in [5.74, 6) is 0.914. The number of pyridine rings is 1. The first-order chi connectivity index (χ1) is 11.8. The molecule has 2 aromatic heterocycles. The van der Waals surface area contributed by atoms with E-state index in [0.717, 1.165) is 23.0 Å². The van der Waals surface area contributed by atoms with Gasteiger partial charge in [-0.1, -0.05) is 59.4 Å². The van der Waals surface area contributed by atoms with E-state index in [-0.39, 0.29) is 0 Å². The van der Waals surface area contributed by atoms with Crippen molar-refractivity contribution in [2.75, 3.05) is 4.90 Å². The Morgan fingerprint density at radius 2 is 1.71 bits per heavy atom. The molecule has 0 amide bonds. The lowest BCUT2D eigenvalue weighted by molar-refractivity contribution is 0.941. The fourth-order valence-electron chi connectivity index (χ4n) is 2.61. The highest BCUT2D eigenvalue weighted by Crippen LogP contribution is 2.33. The smallest absolute Gasteiger partial charge is 0.192 e. The van der Waals surface area contributed by atoms with Gasteiger partial charge in [0.25, 0.3) is 0 Å². The highest BCUT2D eigenvalue weighted by molar-refractivity contribution is 7.22. The second-order valence-corrected chi connectivity index (χ2v) is 6.73. The topological polar surface area (TPSA) is 29.0 Å². The van der Waals surface area contributed by atoms with Gasteiger partial charge in [-0.25, -0.2) is 9.97 Å². The van der Waals surface area contributed by atoms with Crippen molar-refractivity contribution in [1.82, 2.24) is 9.97 Å². The van der Waals surface area contributed by atoms with Crippen LogP contribution in [0.25, 0.3) is 10.2 Å². The third kappa shape index (κ3) is 3.01. The Labute approximate surface area is 145 Å². The molecule has 0 aliphatic rings. The molecule has 0 aliphatic heterocycles. The Morgan fingerprint density at radius 1 is 0.917 bits per heavy atom. The largest absolute Gasteiger partial charge is 0.298 e. The van der Waals surface area contributed by atoms with E-state index < -0.39 is 0 Å². The fourth-order valence-corrected chi connectivity index (χ4v) is 3.59. The van der Waals surface area contributed by atoms with Crippen molar-refractivity contribution in [2.45, 2.75) is 13.5 Å². The lowest BCUT2D eigenvalue weighted by Crippen LogP contribution is -2.17. The van der Waals surface area contributed by atoms with Crippen LogP contribution < -0.4 is 4.90 Å². The summed E-state index contributed by atoms with van der Waals surface area (Å²) >= 11 is 1.70. The van der Waals surface area contributed by atoms with Crippen LogP contribution in [-0.2, 0) is 6.54 Å². The summed E-state index contributed by atoms with van der Waals surface area (Å²) in [6, 6.07) is 22.8. The molecule has 0 saturated heterocycles. The molecular formula is C20H17N3S. The van der Waals surface area contributed by atoms with Crippen LogP contribution in [-0.4, -0.2) is 9.97 Å². The van der Waals surface area contributed by atoms with Crippen molar-refractivity contribution in [3.05, 3.63) is 84.1 Å². The van der Waals surface area contributed by atoms with Gasteiger partial charge in [-0.15, -0.1) is 0 Å². The molecule has 2 aromatic carbocycles. The number of fused-ring (bicyclic) bond motifs is 1. The molecule has 2 heterocycles. The summed E-state index contributed by atoms with van der Waals surface area (Å²) in [4.78, 5) is 11.5. The van der Waals surface area contributed by atoms with E-state index >= 15 is 0 Å². The highest BCUT2D eigenvalue weighted by atomic mass is 32.1. The number of anilines is 2. The van der Waals surface area contributed by atoms with E-state index in [2.05, 4.69) is 59.3 Å². The molecule has 24 heavy (non-hydrogen) atoms. The number of para-hydroxylation sites is 1. The van der Waals surface area contributed by atoms with Crippen molar-refractivity contribution in [3.8, 4) is 0 Å². The summed E-state index contributed by atoms with van der Waals surface area (Å²) < 4.78 is 1.19. The summed E-state index contributed by atoms with van der Waals surface area (Å²) in [7, 11) is 0. The predicted octanol–water partition coefficient (Wildman–Crippen LogP) is 5.34. The molecule has 0 atom stereocenters. The molecule has 0 radical (unpaired) electrons. The Bertz CT molecular complexity index is 912. The number of hydrogen-bond donors (Lipinski definition) is 0. The normalized spacial score (nSPS) is 10.9. The van der Waals surface area contributed by atoms with Gasteiger partial charge in [0.15, 0.2) is 5.13 Å². The van der Waals surface area contributed by atoms with Crippen LogP contribution in [0, 0.1) is 6.92 Å². The number of benzene rings is 2. The van der Waals surface area contributed by atoms with Crippen molar-refractivity contribution in [2.24, 2.45) is 0 Å². The van der Waals surface area contributed by atoms with Gasteiger partial charge in [0.1, 0.15) is 5.82 Å². The molecular weight excluding hydrogens is 314 g/mol. The minimum absolute atomic E-state index is 0.747. The predicted molar refractivity (Wildman–Crippen MR) is 101 cm³/mol. The first-order valence-corrected chi connectivity index (χ1v) is 8.71. The summed E-state index contributed by atoms with van der Waals surface area (Å²) in [5, 5.41) is 0.968. The van der Waals surface area contributed by atoms with Gasteiger partial charge in [-0.3, -0.25) is 4.90 Å². The maximum absolute atomic E-state index is 4.81. The zero-order valence-corrected chi connectivity index (χ0v) is 14.2. The molecule has 3 nitrogen and oxygen atoms in total. The van der Waals surface area contributed by atoms with Gasteiger partial charge in [-0.05, 0) is 36.8 Å². The molecule has 4 rings (SSSR count). The van der Waals surface area contributed by atoms with E-state index in [1.807, 2.05) is 30.5 Å². The fraction of sp³-hybridized carbons (Fsp3) is 0.100. The maximum Gasteiger partial charge on any atom is 0.192 e. The third-order valence-corrected chi connectivity index (χ3v) is 4.96. The van der Waals surface area contributed by atoms with Gasteiger partial charge >= 0.3 is 0 Å². The minimum atomic E-state index is 0.747. The maximum atomic E-state index is 4.81. The molecule has 0 N–H and O–H groups in total. The molecule has 0 aliphatic carbocycles. The van der Waals surface area contributed by atoms with Crippen molar-refractivity contribution in [1.29, 1.82) is 0 Å². The lowest BCUT2D eigenvalue weighted by atomic mass is 10.1. The second kappa shape index (κ2) is 6.42. The first-order valence-electron chi connectivity index (χ1n) is 7.89. The quantitative estimate of drug-likeness (QED) is 0.505. The molecule has 0 unspecified atom stereocenters. The zero-order chi connectivity index (χ0) is 16.4. The molecule has 0 bridgehead atoms. The number of rotatable bonds is 4. The van der Waals surface area contributed by atoms with Crippen LogP contribution in [0.4, 0.5) is 10.9 Å². The van der Waals surface area contributed by atoms with Crippen LogP contribution in [0.2, 0.25) is 0 Å². The van der Waals surface area contributed by atoms with Crippen LogP contribution in [0.3, 0.4) is 0 Å². The summed E-state index contributed by atoms with van der Waals surface area (Å²) in [6.45, 7) is 2.85. The SMILES string of the molecule is Cc1ccc(CN(c2ccccn2)c2nc3ccccc3s2)cc1. The van der Waals surface area contributed by atoms with E-state index in [0.29, 0.717) is 0 Å². The number of thiazole rings is 1. The Kier molecular flexibility index (Phi) is 3.97. The number of nitrogens with zero attached hydrogens (tertiary/aromatic N) is 3. The van der Waals surface area contributed by atoms with Crippen LogP contribution in [0.15, 0.2) is 72.9 Å². The van der Waals surface area contributed by atoms with Gasteiger partial charge in [0.2, 0.25) is 0 Å². The average molecular weight is 331 g/mol. The minimum Gasteiger partial charge on any atom is -0.298 e. The number of aromatic nitrogens is 2. The molecule has 4 heteroatoms. The second-order valence-electron chi connectivity index (χ2n) is 5.72. The Balaban J connectivity index is 1.76. The summed E-state index contributed by atoms with van der Waals surface area (Å²) in [6.07, 6.45) is 1.82. The van der Waals surface area contributed by atoms with Gasteiger partial charge in [0.05, 0.1) is 16.8 Å². The van der Waals surface area contributed by atoms with Crippen molar-refractivity contribution in [3.63, 3.8) is 0 Å². The monoisotopic (exact) mass is 331 g/mol. The molecule has 4 aromatic rings. The van der Waals surface area contributed by atoms with Crippen molar-refractivity contribution < 1.29 is 0 Å². The van der Waals surface area contributed by atoms with Crippen LogP contribution in [0.1, 0.15) is 11.1 Å². The van der Waals surface area contributed by atoms with Crippen LogP contribution >= 0.6 is 11.3 Å². The van der Waals surface area contributed by atoms with Gasteiger partial charge in [-0.2, -0.15) is 0 Å². The Hall–Kier alpha value is -2.72. The molecule has 0 fully saturated rings. The van der Waals surface area contributed by atoms with Gasteiger partial charge < -0.3 is 0 Å². The van der Waals surface area contributed by atoms with Crippen molar-refractivity contribution >= 4 is 32.5 Å². The standard InChI is InChI=1S/C20H17N3S/c1-15-9-11-16(12-10-15)14-23(19-8-4-5-13-21-19)20-22-17-6-2-3-7-18(17)24-20/h2-13H,14H2,1H3. The zero-order valence-electron chi connectivity index (χ0n) is 13.4. The van der Waals surface area contributed by atoms with Gasteiger partial charge in [0, 0.05) is 6.20 Å². The lowest BCUT2D eigenvalue weighted by Gasteiger charge is -2.21. The molecule has 0 saturated carbocycles. The average Bonchev–Trinajstić information content (AvgIpc) is 3.06. The number of hydrogen-bond acceptors (Lipinski definition) is 4.